The number of carbonyl (C=O) groups excluding carboxylic acids is 1. The van der Waals surface area contributed by atoms with E-state index >= 15 is 0 Å². The van der Waals surface area contributed by atoms with E-state index in [1.165, 1.54) is 19.3 Å². The maximum atomic E-state index is 11.5. The summed E-state index contributed by atoms with van der Waals surface area (Å²) >= 11 is 0. The summed E-state index contributed by atoms with van der Waals surface area (Å²) in [6, 6.07) is 0. The SMILES string of the molecule is CCC1CCC(CN)(OCCC(=O)N(C)C)CC1. The van der Waals surface area contributed by atoms with Crippen LogP contribution in [0.4, 0.5) is 0 Å². The number of rotatable bonds is 6. The highest BCUT2D eigenvalue weighted by Gasteiger charge is 2.34. The topological polar surface area (TPSA) is 55.6 Å². The summed E-state index contributed by atoms with van der Waals surface area (Å²) in [4.78, 5) is 13.1. The van der Waals surface area contributed by atoms with Crippen molar-refractivity contribution in [2.75, 3.05) is 27.2 Å². The molecule has 0 aliphatic heterocycles. The Hall–Kier alpha value is -0.610. The minimum atomic E-state index is -0.168. The average Bonchev–Trinajstić information content (AvgIpc) is 2.39. The van der Waals surface area contributed by atoms with Gasteiger partial charge in [0, 0.05) is 20.6 Å². The zero-order chi connectivity index (χ0) is 13.6. The third-order valence-corrected chi connectivity index (χ3v) is 4.19. The third-order valence-electron chi connectivity index (χ3n) is 4.19. The van der Waals surface area contributed by atoms with Crippen molar-refractivity contribution >= 4 is 5.91 Å². The molecule has 0 radical (unpaired) electrons. The molecular weight excluding hydrogens is 228 g/mol. The van der Waals surface area contributed by atoms with Crippen LogP contribution in [0.1, 0.15) is 45.4 Å². The van der Waals surface area contributed by atoms with Gasteiger partial charge in [-0.05, 0) is 31.6 Å². The minimum Gasteiger partial charge on any atom is -0.373 e. The van der Waals surface area contributed by atoms with Crippen molar-refractivity contribution in [3.05, 3.63) is 0 Å². The number of hydrogen-bond donors (Lipinski definition) is 1. The Kier molecular flexibility index (Phi) is 6.09. The smallest absolute Gasteiger partial charge is 0.224 e. The molecule has 1 rings (SSSR count). The second-order valence-corrected chi connectivity index (χ2v) is 5.63. The van der Waals surface area contributed by atoms with E-state index in [-0.39, 0.29) is 11.5 Å². The summed E-state index contributed by atoms with van der Waals surface area (Å²) in [7, 11) is 3.54. The van der Waals surface area contributed by atoms with Crippen LogP contribution in [0.3, 0.4) is 0 Å². The fourth-order valence-corrected chi connectivity index (χ4v) is 2.60. The summed E-state index contributed by atoms with van der Waals surface area (Å²) in [6.45, 7) is 3.31. The normalized spacial score (nSPS) is 28.1. The quantitative estimate of drug-likeness (QED) is 0.788. The van der Waals surface area contributed by atoms with Gasteiger partial charge in [-0.3, -0.25) is 4.79 Å². The largest absolute Gasteiger partial charge is 0.373 e. The standard InChI is InChI=1S/C14H28N2O2/c1-4-12-5-8-14(11-15,9-6-12)18-10-7-13(17)16(2)3/h12H,4-11,15H2,1-3H3. The van der Waals surface area contributed by atoms with Crippen molar-refractivity contribution in [1.82, 2.24) is 4.90 Å². The van der Waals surface area contributed by atoms with Crippen LogP contribution in [-0.4, -0.2) is 43.7 Å². The molecule has 0 heterocycles. The second kappa shape index (κ2) is 7.10. The molecule has 0 spiro atoms. The molecule has 4 heteroatoms. The zero-order valence-electron chi connectivity index (χ0n) is 12.1. The number of ether oxygens (including phenoxy) is 1. The molecule has 0 aromatic rings. The monoisotopic (exact) mass is 256 g/mol. The van der Waals surface area contributed by atoms with Gasteiger partial charge in [-0.25, -0.2) is 0 Å². The lowest BCUT2D eigenvalue weighted by atomic mass is 9.77. The molecule has 106 valence electrons. The van der Waals surface area contributed by atoms with E-state index in [9.17, 15) is 4.79 Å². The van der Waals surface area contributed by atoms with Gasteiger partial charge in [0.2, 0.25) is 5.91 Å². The van der Waals surface area contributed by atoms with Crippen LogP contribution in [0, 0.1) is 5.92 Å². The summed E-state index contributed by atoms with van der Waals surface area (Å²) in [5.41, 5.74) is 5.71. The Bertz CT molecular complexity index is 259. The van der Waals surface area contributed by atoms with Crippen LogP contribution < -0.4 is 5.73 Å². The van der Waals surface area contributed by atoms with Gasteiger partial charge in [0.25, 0.3) is 0 Å². The molecule has 1 saturated carbocycles. The number of nitrogens with two attached hydrogens (primary N) is 1. The molecule has 0 atom stereocenters. The van der Waals surface area contributed by atoms with E-state index in [1.54, 1.807) is 19.0 Å². The van der Waals surface area contributed by atoms with Gasteiger partial charge in [0.15, 0.2) is 0 Å². The number of nitrogens with zero attached hydrogens (tertiary/aromatic N) is 1. The first-order chi connectivity index (χ1) is 8.53. The van der Waals surface area contributed by atoms with Crippen LogP contribution in [-0.2, 0) is 9.53 Å². The minimum absolute atomic E-state index is 0.115. The highest BCUT2D eigenvalue weighted by molar-refractivity contribution is 5.75. The van der Waals surface area contributed by atoms with Crippen molar-refractivity contribution < 1.29 is 9.53 Å². The highest BCUT2D eigenvalue weighted by atomic mass is 16.5. The lowest BCUT2D eigenvalue weighted by Crippen LogP contribution is -2.44. The first-order valence-corrected chi connectivity index (χ1v) is 7.07. The third kappa shape index (κ3) is 4.25. The maximum absolute atomic E-state index is 11.5. The van der Waals surface area contributed by atoms with Crippen LogP contribution in [0.25, 0.3) is 0 Å². The Morgan fingerprint density at radius 1 is 1.39 bits per heavy atom. The lowest BCUT2D eigenvalue weighted by Gasteiger charge is -2.39. The first kappa shape index (κ1) is 15.4. The van der Waals surface area contributed by atoms with Gasteiger partial charge in [0.05, 0.1) is 18.6 Å². The van der Waals surface area contributed by atoms with Gasteiger partial charge >= 0.3 is 0 Å². The predicted octanol–water partition coefficient (Wildman–Crippen LogP) is 1.78. The summed E-state index contributed by atoms with van der Waals surface area (Å²) in [6.07, 6.45) is 6.19. The molecular formula is C14H28N2O2. The van der Waals surface area contributed by atoms with Gasteiger partial charge in [-0.2, -0.15) is 0 Å². The average molecular weight is 256 g/mol. The highest BCUT2D eigenvalue weighted by Crippen LogP contribution is 2.35. The van der Waals surface area contributed by atoms with E-state index in [2.05, 4.69) is 6.92 Å². The fourth-order valence-electron chi connectivity index (χ4n) is 2.60. The molecule has 0 unspecified atom stereocenters. The van der Waals surface area contributed by atoms with E-state index in [4.69, 9.17) is 10.5 Å². The molecule has 2 N–H and O–H groups in total. The fraction of sp³-hybridized carbons (Fsp3) is 0.929. The molecule has 18 heavy (non-hydrogen) atoms. The Morgan fingerprint density at radius 3 is 2.44 bits per heavy atom. The van der Waals surface area contributed by atoms with Crippen LogP contribution >= 0.6 is 0 Å². The zero-order valence-corrected chi connectivity index (χ0v) is 12.1. The molecule has 0 aromatic carbocycles. The van der Waals surface area contributed by atoms with Crippen molar-refractivity contribution in [3.63, 3.8) is 0 Å². The molecule has 4 nitrogen and oxygen atoms in total. The van der Waals surface area contributed by atoms with Gasteiger partial charge in [0.1, 0.15) is 0 Å². The van der Waals surface area contributed by atoms with Crippen molar-refractivity contribution in [2.45, 2.75) is 51.0 Å². The molecule has 1 amide bonds. The molecule has 1 aliphatic carbocycles. The van der Waals surface area contributed by atoms with E-state index in [0.29, 0.717) is 19.6 Å². The number of amides is 1. The van der Waals surface area contributed by atoms with E-state index < -0.39 is 0 Å². The van der Waals surface area contributed by atoms with E-state index in [1.807, 2.05) is 0 Å². The lowest BCUT2D eigenvalue weighted by molar-refractivity contribution is -0.132. The van der Waals surface area contributed by atoms with Crippen LogP contribution in [0.5, 0.6) is 0 Å². The molecule has 1 aliphatic rings. The Balaban J connectivity index is 2.36. The Labute approximate surface area is 111 Å². The maximum Gasteiger partial charge on any atom is 0.224 e. The summed E-state index contributed by atoms with van der Waals surface area (Å²) in [5, 5.41) is 0. The van der Waals surface area contributed by atoms with Crippen molar-refractivity contribution in [2.24, 2.45) is 11.7 Å². The second-order valence-electron chi connectivity index (χ2n) is 5.63. The van der Waals surface area contributed by atoms with Crippen molar-refractivity contribution in [3.8, 4) is 0 Å². The molecule has 0 bridgehead atoms. The van der Waals surface area contributed by atoms with Gasteiger partial charge in [-0.15, -0.1) is 0 Å². The first-order valence-electron chi connectivity index (χ1n) is 7.07. The predicted molar refractivity (Wildman–Crippen MR) is 73.3 cm³/mol. The van der Waals surface area contributed by atoms with Crippen molar-refractivity contribution in [1.29, 1.82) is 0 Å². The summed E-state index contributed by atoms with van der Waals surface area (Å²) < 4.78 is 5.96. The number of hydrogen-bond acceptors (Lipinski definition) is 3. The van der Waals surface area contributed by atoms with Crippen LogP contribution in [0.15, 0.2) is 0 Å². The molecule has 0 saturated heterocycles. The summed E-state index contributed by atoms with van der Waals surface area (Å²) in [5.74, 6) is 0.945. The van der Waals surface area contributed by atoms with Gasteiger partial charge < -0.3 is 15.4 Å². The van der Waals surface area contributed by atoms with Gasteiger partial charge in [-0.1, -0.05) is 13.3 Å². The van der Waals surface area contributed by atoms with Crippen LogP contribution in [0.2, 0.25) is 0 Å². The molecule has 1 fully saturated rings. The number of carbonyl (C=O) groups is 1. The Morgan fingerprint density at radius 2 is 2.00 bits per heavy atom. The molecule has 0 aromatic heterocycles. The van der Waals surface area contributed by atoms with E-state index in [0.717, 1.165) is 18.8 Å².